The van der Waals surface area contributed by atoms with Crippen LogP contribution in [0.3, 0.4) is 0 Å². The summed E-state index contributed by atoms with van der Waals surface area (Å²) in [5.74, 6) is -0.0487. The highest BCUT2D eigenvalue weighted by atomic mass is 16.3. The summed E-state index contributed by atoms with van der Waals surface area (Å²) in [7, 11) is 0. The molecule has 1 rings (SSSR count). The van der Waals surface area contributed by atoms with E-state index in [1.807, 2.05) is 44.2 Å². The van der Waals surface area contributed by atoms with Gasteiger partial charge in [-0.05, 0) is 18.9 Å². The van der Waals surface area contributed by atoms with Gasteiger partial charge in [0.05, 0.1) is 18.7 Å². The summed E-state index contributed by atoms with van der Waals surface area (Å²) < 4.78 is 0. The van der Waals surface area contributed by atoms with E-state index in [-0.39, 0.29) is 19.1 Å². The van der Waals surface area contributed by atoms with Crippen molar-refractivity contribution in [2.45, 2.75) is 25.8 Å². The SMILES string of the molecule is CCCNC(=O)CNC(C)(CO)c1ccccc1. The summed E-state index contributed by atoms with van der Waals surface area (Å²) in [4.78, 5) is 11.5. The Hall–Kier alpha value is -1.39. The first-order valence-electron chi connectivity index (χ1n) is 6.30. The summed E-state index contributed by atoms with van der Waals surface area (Å²) in [5, 5.41) is 15.4. The lowest BCUT2D eigenvalue weighted by Crippen LogP contribution is -2.47. The summed E-state index contributed by atoms with van der Waals surface area (Å²) >= 11 is 0. The average Bonchev–Trinajstić information content (AvgIpc) is 2.43. The molecule has 0 aliphatic carbocycles. The van der Waals surface area contributed by atoms with E-state index in [1.165, 1.54) is 0 Å². The molecule has 3 N–H and O–H groups in total. The molecule has 0 radical (unpaired) electrons. The molecule has 0 saturated carbocycles. The van der Waals surface area contributed by atoms with Gasteiger partial charge in [0.2, 0.25) is 5.91 Å². The number of aliphatic hydroxyl groups is 1. The van der Waals surface area contributed by atoms with Crippen molar-refractivity contribution < 1.29 is 9.90 Å². The van der Waals surface area contributed by atoms with Crippen LogP contribution in [0.1, 0.15) is 25.8 Å². The first-order chi connectivity index (χ1) is 8.62. The van der Waals surface area contributed by atoms with Crippen molar-refractivity contribution in [1.82, 2.24) is 10.6 Å². The van der Waals surface area contributed by atoms with Gasteiger partial charge in [0.1, 0.15) is 0 Å². The molecule has 0 heterocycles. The van der Waals surface area contributed by atoms with Gasteiger partial charge in [-0.2, -0.15) is 0 Å². The molecular formula is C14H22N2O2. The number of nitrogens with one attached hydrogen (secondary N) is 2. The quantitative estimate of drug-likeness (QED) is 0.677. The molecule has 0 spiro atoms. The zero-order valence-electron chi connectivity index (χ0n) is 11.1. The molecule has 0 aliphatic rings. The molecule has 4 heteroatoms. The fourth-order valence-corrected chi connectivity index (χ4v) is 1.66. The Morgan fingerprint density at radius 2 is 2.00 bits per heavy atom. The topological polar surface area (TPSA) is 61.4 Å². The van der Waals surface area contributed by atoms with E-state index in [9.17, 15) is 9.90 Å². The molecule has 1 unspecified atom stereocenters. The average molecular weight is 250 g/mol. The summed E-state index contributed by atoms with van der Waals surface area (Å²) in [6.07, 6.45) is 0.918. The Morgan fingerprint density at radius 3 is 2.56 bits per heavy atom. The van der Waals surface area contributed by atoms with Gasteiger partial charge in [0.15, 0.2) is 0 Å². The Labute approximate surface area is 108 Å². The van der Waals surface area contributed by atoms with Crippen LogP contribution in [0, 0.1) is 0 Å². The second-order valence-corrected chi connectivity index (χ2v) is 4.56. The minimum absolute atomic E-state index is 0.0487. The highest BCUT2D eigenvalue weighted by molar-refractivity contribution is 5.78. The van der Waals surface area contributed by atoms with E-state index in [0.29, 0.717) is 6.54 Å². The van der Waals surface area contributed by atoms with Crippen LogP contribution in [0.2, 0.25) is 0 Å². The van der Waals surface area contributed by atoms with Gasteiger partial charge in [-0.1, -0.05) is 37.3 Å². The van der Waals surface area contributed by atoms with Gasteiger partial charge < -0.3 is 10.4 Å². The highest BCUT2D eigenvalue weighted by Crippen LogP contribution is 2.19. The summed E-state index contributed by atoms with van der Waals surface area (Å²) in [5.41, 5.74) is 0.376. The molecule has 1 aromatic carbocycles. The van der Waals surface area contributed by atoms with Gasteiger partial charge >= 0.3 is 0 Å². The lowest BCUT2D eigenvalue weighted by molar-refractivity contribution is -0.120. The predicted octanol–water partition coefficient (Wildman–Crippen LogP) is 1.01. The molecule has 18 heavy (non-hydrogen) atoms. The molecule has 1 atom stereocenters. The second-order valence-electron chi connectivity index (χ2n) is 4.56. The van der Waals surface area contributed by atoms with Gasteiger partial charge in [-0.25, -0.2) is 0 Å². The van der Waals surface area contributed by atoms with Crippen molar-refractivity contribution in [3.8, 4) is 0 Å². The summed E-state index contributed by atoms with van der Waals surface area (Å²) in [6.45, 7) is 4.72. The van der Waals surface area contributed by atoms with Gasteiger partial charge in [0.25, 0.3) is 0 Å². The molecule has 1 aromatic rings. The Balaban J connectivity index is 2.58. The third kappa shape index (κ3) is 4.13. The molecule has 100 valence electrons. The number of benzene rings is 1. The van der Waals surface area contributed by atoms with Gasteiger partial charge in [-0.15, -0.1) is 0 Å². The molecule has 4 nitrogen and oxygen atoms in total. The molecule has 0 fully saturated rings. The van der Waals surface area contributed by atoms with Crippen LogP contribution in [0.5, 0.6) is 0 Å². The third-order valence-corrected chi connectivity index (χ3v) is 2.94. The summed E-state index contributed by atoms with van der Waals surface area (Å²) in [6, 6.07) is 9.64. The number of carbonyl (C=O) groups is 1. The van der Waals surface area contributed by atoms with Crippen molar-refractivity contribution in [3.63, 3.8) is 0 Å². The fraction of sp³-hybridized carbons (Fsp3) is 0.500. The molecule has 0 aromatic heterocycles. The number of aliphatic hydroxyl groups excluding tert-OH is 1. The predicted molar refractivity (Wildman–Crippen MR) is 72.2 cm³/mol. The minimum atomic E-state index is -0.592. The monoisotopic (exact) mass is 250 g/mol. The van der Waals surface area contributed by atoms with Crippen LogP contribution >= 0.6 is 0 Å². The van der Waals surface area contributed by atoms with Crippen molar-refractivity contribution in [3.05, 3.63) is 35.9 Å². The first-order valence-corrected chi connectivity index (χ1v) is 6.30. The number of carbonyl (C=O) groups excluding carboxylic acids is 1. The zero-order chi connectivity index (χ0) is 13.4. The zero-order valence-corrected chi connectivity index (χ0v) is 11.1. The van der Waals surface area contributed by atoms with Crippen LogP contribution in [0.15, 0.2) is 30.3 Å². The van der Waals surface area contributed by atoms with Crippen molar-refractivity contribution in [2.24, 2.45) is 0 Å². The third-order valence-electron chi connectivity index (χ3n) is 2.94. The van der Waals surface area contributed by atoms with Gasteiger partial charge in [0, 0.05) is 6.54 Å². The van der Waals surface area contributed by atoms with E-state index < -0.39 is 5.54 Å². The van der Waals surface area contributed by atoms with Crippen LogP contribution in [-0.2, 0) is 10.3 Å². The Morgan fingerprint density at radius 1 is 1.33 bits per heavy atom. The normalized spacial score (nSPS) is 13.9. The highest BCUT2D eigenvalue weighted by Gasteiger charge is 2.25. The van der Waals surface area contributed by atoms with Crippen molar-refractivity contribution in [1.29, 1.82) is 0 Å². The lowest BCUT2D eigenvalue weighted by atomic mass is 9.93. The molecule has 1 amide bonds. The van der Waals surface area contributed by atoms with Crippen molar-refractivity contribution >= 4 is 5.91 Å². The fourth-order valence-electron chi connectivity index (χ4n) is 1.66. The van der Waals surface area contributed by atoms with E-state index in [2.05, 4.69) is 10.6 Å². The number of hydrogen-bond acceptors (Lipinski definition) is 3. The van der Waals surface area contributed by atoms with Crippen LogP contribution in [0.4, 0.5) is 0 Å². The van der Waals surface area contributed by atoms with E-state index in [0.717, 1.165) is 12.0 Å². The smallest absolute Gasteiger partial charge is 0.233 e. The standard InChI is InChI=1S/C14H22N2O2/c1-3-9-15-13(18)10-16-14(2,11-17)12-7-5-4-6-8-12/h4-8,16-17H,3,9-11H2,1-2H3,(H,15,18). The Bertz CT molecular complexity index is 367. The van der Waals surface area contributed by atoms with Crippen LogP contribution in [-0.4, -0.2) is 30.7 Å². The maximum atomic E-state index is 11.5. The maximum Gasteiger partial charge on any atom is 0.233 e. The minimum Gasteiger partial charge on any atom is -0.394 e. The largest absolute Gasteiger partial charge is 0.394 e. The van der Waals surface area contributed by atoms with Crippen molar-refractivity contribution in [2.75, 3.05) is 19.7 Å². The van der Waals surface area contributed by atoms with Gasteiger partial charge in [-0.3, -0.25) is 10.1 Å². The molecule has 0 bridgehead atoms. The Kier molecular flexibility index (Phi) is 5.82. The second kappa shape index (κ2) is 7.13. The van der Waals surface area contributed by atoms with E-state index in [4.69, 9.17) is 0 Å². The lowest BCUT2D eigenvalue weighted by Gasteiger charge is -2.29. The first kappa shape index (κ1) is 14.7. The maximum absolute atomic E-state index is 11.5. The number of amides is 1. The van der Waals surface area contributed by atoms with E-state index in [1.54, 1.807) is 0 Å². The molecule has 0 aliphatic heterocycles. The van der Waals surface area contributed by atoms with Crippen LogP contribution in [0.25, 0.3) is 0 Å². The molecular weight excluding hydrogens is 228 g/mol. The molecule has 0 saturated heterocycles. The number of hydrogen-bond donors (Lipinski definition) is 3. The van der Waals surface area contributed by atoms with Crippen LogP contribution < -0.4 is 10.6 Å². The number of rotatable bonds is 7. The van der Waals surface area contributed by atoms with E-state index >= 15 is 0 Å².